The molecule has 144 valence electrons. The molecule has 1 saturated heterocycles. The van der Waals surface area contributed by atoms with Crippen molar-refractivity contribution in [2.45, 2.75) is 39.5 Å². The van der Waals surface area contributed by atoms with Gasteiger partial charge >= 0.3 is 0 Å². The third-order valence-corrected chi connectivity index (χ3v) is 4.92. The summed E-state index contributed by atoms with van der Waals surface area (Å²) >= 11 is 3.49. The Labute approximate surface area is 163 Å². The number of carbonyl (C=O) groups is 2. The van der Waals surface area contributed by atoms with Crippen LogP contribution in [0.15, 0.2) is 16.6 Å². The SMILES string of the molecule is CCOc1cc(Br)c(CC(=O)NCCC(=O)N2CCCC2)cc1OCC. The zero-order valence-corrected chi connectivity index (χ0v) is 17.1. The van der Waals surface area contributed by atoms with Crippen LogP contribution in [0.4, 0.5) is 0 Å². The summed E-state index contributed by atoms with van der Waals surface area (Å²) in [6.07, 6.45) is 2.71. The number of nitrogens with one attached hydrogen (secondary N) is 1. The molecule has 0 spiro atoms. The van der Waals surface area contributed by atoms with Crippen LogP contribution >= 0.6 is 15.9 Å². The van der Waals surface area contributed by atoms with Crippen molar-refractivity contribution in [1.82, 2.24) is 10.2 Å². The van der Waals surface area contributed by atoms with E-state index in [0.717, 1.165) is 36.0 Å². The highest BCUT2D eigenvalue weighted by Gasteiger charge is 2.18. The van der Waals surface area contributed by atoms with Crippen molar-refractivity contribution in [3.63, 3.8) is 0 Å². The van der Waals surface area contributed by atoms with Crippen molar-refractivity contribution in [2.24, 2.45) is 0 Å². The van der Waals surface area contributed by atoms with Gasteiger partial charge in [0.2, 0.25) is 11.8 Å². The molecule has 1 heterocycles. The molecule has 1 aliphatic heterocycles. The topological polar surface area (TPSA) is 67.9 Å². The second-order valence-corrected chi connectivity index (χ2v) is 6.98. The van der Waals surface area contributed by atoms with Gasteiger partial charge in [-0.2, -0.15) is 0 Å². The molecule has 1 aromatic carbocycles. The summed E-state index contributed by atoms with van der Waals surface area (Å²) in [5.74, 6) is 1.28. The van der Waals surface area contributed by atoms with E-state index in [4.69, 9.17) is 9.47 Å². The maximum Gasteiger partial charge on any atom is 0.224 e. The summed E-state index contributed by atoms with van der Waals surface area (Å²) in [7, 11) is 0. The summed E-state index contributed by atoms with van der Waals surface area (Å²) in [5, 5.41) is 2.82. The number of amides is 2. The molecule has 1 N–H and O–H groups in total. The van der Waals surface area contributed by atoms with Gasteiger partial charge < -0.3 is 19.7 Å². The molecule has 1 fully saturated rings. The number of hydrogen-bond donors (Lipinski definition) is 1. The Balaban J connectivity index is 1.88. The normalized spacial score (nSPS) is 13.6. The van der Waals surface area contributed by atoms with Crippen LogP contribution in [0.25, 0.3) is 0 Å². The standard InChI is InChI=1S/C19H27BrN2O4/c1-3-25-16-11-14(15(20)13-17(16)26-4-2)12-18(23)21-8-7-19(24)22-9-5-6-10-22/h11,13H,3-10,12H2,1-2H3,(H,21,23). The fraction of sp³-hybridized carbons (Fsp3) is 0.579. The Hall–Kier alpha value is -1.76. The Morgan fingerprint density at radius 2 is 1.73 bits per heavy atom. The molecule has 7 heteroatoms. The number of likely N-dealkylation sites (tertiary alicyclic amines) is 1. The van der Waals surface area contributed by atoms with Gasteiger partial charge in [0.15, 0.2) is 11.5 Å². The molecule has 0 bridgehead atoms. The van der Waals surface area contributed by atoms with Crippen molar-refractivity contribution in [3.8, 4) is 11.5 Å². The van der Waals surface area contributed by atoms with E-state index in [1.807, 2.05) is 30.9 Å². The average Bonchev–Trinajstić information content (AvgIpc) is 3.14. The van der Waals surface area contributed by atoms with Crippen LogP contribution in [0, 0.1) is 0 Å². The van der Waals surface area contributed by atoms with Gasteiger partial charge in [0, 0.05) is 30.5 Å². The quantitative estimate of drug-likeness (QED) is 0.658. The molecule has 26 heavy (non-hydrogen) atoms. The Bertz CT molecular complexity index is 630. The van der Waals surface area contributed by atoms with Gasteiger partial charge in [-0.1, -0.05) is 15.9 Å². The number of benzene rings is 1. The summed E-state index contributed by atoms with van der Waals surface area (Å²) in [5.41, 5.74) is 0.820. The molecule has 6 nitrogen and oxygen atoms in total. The Morgan fingerprint density at radius 3 is 2.35 bits per heavy atom. The number of rotatable bonds is 9. The largest absolute Gasteiger partial charge is 0.490 e. The van der Waals surface area contributed by atoms with Gasteiger partial charge in [-0.3, -0.25) is 9.59 Å². The number of carbonyl (C=O) groups excluding carboxylic acids is 2. The smallest absolute Gasteiger partial charge is 0.224 e. The lowest BCUT2D eigenvalue weighted by molar-refractivity contribution is -0.130. The first-order valence-electron chi connectivity index (χ1n) is 9.17. The maximum atomic E-state index is 12.2. The molecule has 0 atom stereocenters. The highest BCUT2D eigenvalue weighted by Crippen LogP contribution is 2.34. The van der Waals surface area contributed by atoms with Crippen LogP contribution < -0.4 is 14.8 Å². The molecule has 1 aliphatic rings. The van der Waals surface area contributed by atoms with Gasteiger partial charge in [-0.15, -0.1) is 0 Å². The third-order valence-electron chi connectivity index (χ3n) is 4.18. The van der Waals surface area contributed by atoms with Gasteiger partial charge in [0.25, 0.3) is 0 Å². The molecular formula is C19H27BrN2O4. The van der Waals surface area contributed by atoms with E-state index in [1.54, 1.807) is 0 Å². The van der Waals surface area contributed by atoms with Crippen LogP contribution in [0.3, 0.4) is 0 Å². The highest BCUT2D eigenvalue weighted by molar-refractivity contribution is 9.10. The van der Waals surface area contributed by atoms with Gasteiger partial charge in [-0.05, 0) is 44.4 Å². The number of ether oxygens (including phenoxy) is 2. The zero-order valence-electron chi connectivity index (χ0n) is 15.5. The zero-order chi connectivity index (χ0) is 18.9. The van der Waals surface area contributed by atoms with Gasteiger partial charge in [-0.25, -0.2) is 0 Å². The van der Waals surface area contributed by atoms with Gasteiger partial charge in [0.05, 0.1) is 19.6 Å². The molecule has 2 rings (SSSR count). The van der Waals surface area contributed by atoms with E-state index in [0.29, 0.717) is 37.7 Å². The molecule has 2 amide bonds. The van der Waals surface area contributed by atoms with Crippen LogP contribution in [0.5, 0.6) is 11.5 Å². The van der Waals surface area contributed by atoms with E-state index >= 15 is 0 Å². The molecule has 0 radical (unpaired) electrons. The van der Waals surface area contributed by atoms with Crippen LogP contribution in [0.2, 0.25) is 0 Å². The van der Waals surface area contributed by atoms with E-state index < -0.39 is 0 Å². The number of nitrogens with zero attached hydrogens (tertiary/aromatic N) is 1. The van der Waals surface area contributed by atoms with Crippen molar-refractivity contribution in [1.29, 1.82) is 0 Å². The minimum Gasteiger partial charge on any atom is -0.490 e. The molecule has 0 unspecified atom stereocenters. The van der Waals surface area contributed by atoms with Crippen molar-refractivity contribution >= 4 is 27.7 Å². The first kappa shape index (κ1) is 20.6. The van der Waals surface area contributed by atoms with E-state index in [-0.39, 0.29) is 18.2 Å². The van der Waals surface area contributed by atoms with Crippen molar-refractivity contribution < 1.29 is 19.1 Å². The average molecular weight is 427 g/mol. The van der Waals surface area contributed by atoms with Crippen LogP contribution in [0.1, 0.15) is 38.7 Å². The molecular weight excluding hydrogens is 400 g/mol. The second-order valence-electron chi connectivity index (χ2n) is 6.12. The van der Waals surface area contributed by atoms with Gasteiger partial charge in [0.1, 0.15) is 0 Å². The maximum absolute atomic E-state index is 12.2. The second kappa shape index (κ2) is 10.4. The first-order valence-corrected chi connectivity index (χ1v) is 9.97. The Kier molecular flexibility index (Phi) is 8.22. The molecule has 0 saturated carbocycles. The van der Waals surface area contributed by atoms with Crippen LogP contribution in [-0.4, -0.2) is 49.6 Å². The van der Waals surface area contributed by atoms with E-state index in [9.17, 15) is 9.59 Å². The summed E-state index contributed by atoms with van der Waals surface area (Å²) in [4.78, 5) is 26.1. The highest BCUT2D eigenvalue weighted by atomic mass is 79.9. The monoisotopic (exact) mass is 426 g/mol. The predicted molar refractivity (Wildman–Crippen MR) is 104 cm³/mol. The number of hydrogen-bond acceptors (Lipinski definition) is 4. The number of halogens is 1. The molecule has 0 aliphatic carbocycles. The van der Waals surface area contributed by atoms with Crippen LogP contribution in [-0.2, 0) is 16.0 Å². The lowest BCUT2D eigenvalue weighted by atomic mass is 10.1. The molecule has 0 aromatic heterocycles. The minimum absolute atomic E-state index is 0.115. The lowest BCUT2D eigenvalue weighted by Gasteiger charge is -2.16. The summed E-state index contributed by atoms with van der Waals surface area (Å²) in [6, 6.07) is 3.65. The van der Waals surface area contributed by atoms with E-state index in [1.165, 1.54) is 0 Å². The fourth-order valence-electron chi connectivity index (χ4n) is 2.92. The predicted octanol–water partition coefficient (Wildman–Crippen LogP) is 2.92. The summed E-state index contributed by atoms with van der Waals surface area (Å²) in [6.45, 7) is 6.92. The minimum atomic E-state index is -0.119. The van der Waals surface area contributed by atoms with Crippen molar-refractivity contribution in [2.75, 3.05) is 32.8 Å². The van der Waals surface area contributed by atoms with E-state index in [2.05, 4.69) is 21.2 Å². The summed E-state index contributed by atoms with van der Waals surface area (Å²) < 4.78 is 12.0. The van der Waals surface area contributed by atoms with Crippen molar-refractivity contribution in [3.05, 3.63) is 22.2 Å². The third kappa shape index (κ3) is 5.90. The molecule has 1 aromatic rings. The Morgan fingerprint density at radius 1 is 1.12 bits per heavy atom. The first-order chi connectivity index (χ1) is 12.5. The fourth-order valence-corrected chi connectivity index (χ4v) is 3.38. The lowest BCUT2D eigenvalue weighted by Crippen LogP contribution is -2.33.